The van der Waals surface area contributed by atoms with E-state index >= 15 is 0 Å². The molecule has 2 amide bonds. The fraction of sp³-hybridized carbons (Fsp3) is 0.619. The van der Waals surface area contributed by atoms with Crippen molar-refractivity contribution in [2.75, 3.05) is 45.8 Å². The zero-order valence-corrected chi connectivity index (χ0v) is 16.0. The van der Waals surface area contributed by atoms with Crippen molar-refractivity contribution in [1.29, 1.82) is 0 Å². The van der Waals surface area contributed by atoms with E-state index < -0.39 is 0 Å². The summed E-state index contributed by atoms with van der Waals surface area (Å²) in [5.74, 6) is 0.506. The zero-order chi connectivity index (χ0) is 18.4. The number of hydrogen-bond acceptors (Lipinski definition) is 3. The van der Waals surface area contributed by atoms with Crippen molar-refractivity contribution >= 4 is 11.8 Å². The third-order valence-electron chi connectivity index (χ3n) is 5.68. The van der Waals surface area contributed by atoms with Crippen molar-refractivity contribution < 1.29 is 9.59 Å². The molecule has 2 aliphatic rings. The first-order chi connectivity index (χ1) is 12.6. The van der Waals surface area contributed by atoms with E-state index in [1.165, 1.54) is 12.0 Å². The fourth-order valence-corrected chi connectivity index (χ4v) is 3.86. The molecule has 0 aromatic heterocycles. The summed E-state index contributed by atoms with van der Waals surface area (Å²) in [7, 11) is 0. The molecule has 3 rings (SSSR count). The summed E-state index contributed by atoms with van der Waals surface area (Å²) in [5, 5.41) is 0. The Hall–Kier alpha value is -1.88. The van der Waals surface area contributed by atoms with Gasteiger partial charge < -0.3 is 9.80 Å². The minimum Gasteiger partial charge on any atom is -0.343 e. The van der Waals surface area contributed by atoms with Gasteiger partial charge in [0.05, 0.1) is 6.42 Å². The quantitative estimate of drug-likeness (QED) is 0.810. The van der Waals surface area contributed by atoms with Gasteiger partial charge in [-0.1, -0.05) is 24.3 Å². The third-order valence-corrected chi connectivity index (χ3v) is 5.68. The molecular formula is C21H31N3O2. The maximum Gasteiger partial charge on any atom is 0.227 e. The Kier molecular flexibility index (Phi) is 6.67. The second-order valence-electron chi connectivity index (χ2n) is 7.52. The van der Waals surface area contributed by atoms with Gasteiger partial charge in [-0.05, 0) is 37.3 Å². The normalized spacial score (nSPS) is 18.8. The minimum atomic E-state index is 0.211. The Labute approximate surface area is 156 Å². The molecule has 0 unspecified atom stereocenters. The molecule has 2 heterocycles. The average Bonchev–Trinajstić information content (AvgIpc) is 2.69. The molecule has 1 aromatic rings. The van der Waals surface area contributed by atoms with Gasteiger partial charge in [-0.3, -0.25) is 14.5 Å². The topological polar surface area (TPSA) is 43.9 Å². The van der Waals surface area contributed by atoms with Crippen LogP contribution in [0.1, 0.15) is 36.8 Å². The molecule has 2 aliphatic heterocycles. The van der Waals surface area contributed by atoms with E-state index in [0.717, 1.165) is 64.2 Å². The van der Waals surface area contributed by atoms with E-state index in [9.17, 15) is 9.59 Å². The highest BCUT2D eigenvalue weighted by Gasteiger charge is 2.23. The number of carbonyl (C=O) groups is 2. The van der Waals surface area contributed by atoms with Crippen molar-refractivity contribution in [3.05, 3.63) is 35.4 Å². The lowest BCUT2D eigenvalue weighted by molar-refractivity contribution is -0.134. The molecular weight excluding hydrogens is 326 g/mol. The van der Waals surface area contributed by atoms with Crippen LogP contribution in [-0.4, -0.2) is 72.3 Å². The Morgan fingerprint density at radius 1 is 0.846 bits per heavy atom. The van der Waals surface area contributed by atoms with Gasteiger partial charge in [0.15, 0.2) is 0 Å². The lowest BCUT2D eigenvalue weighted by atomic mass is 10.1. The van der Waals surface area contributed by atoms with Crippen molar-refractivity contribution in [1.82, 2.24) is 14.7 Å². The molecule has 0 atom stereocenters. The van der Waals surface area contributed by atoms with Crippen LogP contribution >= 0.6 is 0 Å². The first-order valence-electron chi connectivity index (χ1n) is 9.96. The van der Waals surface area contributed by atoms with Crippen molar-refractivity contribution in [2.45, 2.75) is 39.0 Å². The molecule has 0 saturated carbocycles. The van der Waals surface area contributed by atoms with Gasteiger partial charge in [0.25, 0.3) is 0 Å². The van der Waals surface area contributed by atoms with Crippen molar-refractivity contribution in [3.63, 3.8) is 0 Å². The number of piperazine rings is 1. The van der Waals surface area contributed by atoms with Crippen LogP contribution in [0.2, 0.25) is 0 Å². The van der Waals surface area contributed by atoms with Gasteiger partial charge in [-0.25, -0.2) is 0 Å². The predicted molar refractivity (Wildman–Crippen MR) is 103 cm³/mol. The number of hydrogen-bond donors (Lipinski definition) is 0. The van der Waals surface area contributed by atoms with Crippen LogP contribution in [0.15, 0.2) is 24.3 Å². The predicted octanol–water partition coefficient (Wildman–Crippen LogP) is 2.08. The highest BCUT2D eigenvalue weighted by molar-refractivity contribution is 5.79. The third kappa shape index (κ3) is 5.07. The molecule has 0 aliphatic carbocycles. The smallest absolute Gasteiger partial charge is 0.227 e. The molecule has 1 aromatic carbocycles. The Morgan fingerprint density at radius 3 is 2.19 bits per heavy atom. The Morgan fingerprint density at radius 2 is 1.50 bits per heavy atom. The van der Waals surface area contributed by atoms with Crippen LogP contribution < -0.4 is 0 Å². The van der Waals surface area contributed by atoms with E-state index in [1.807, 2.05) is 28.0 Å². The molecule has 26 heavy (non-hydrogen) atoms. The molecule has 5 heteroatoms. The number of nitrogens with zero attached hydrogens (tertiary/aromatic N) is 3. The summed E-state index contributed by atoms with van der Waals surface area (Å²) in [6.45, 7) is 8.00. The van der Waals surface area contributed by atoms with E-state index in [4.69, 9.17) is 0 Å². The van der Waals surface area contributed by atoms with Gasteiger partial charge in [-0.2, -0.15) is 0 Å². The number of carbonyl (C=O) groups excluding carboxylic acids is 2. The number of amides is 2. The summed E-state index contributed by atoms with van der Waals surface area (Å²) in [4.78, 5) is 31.1. The van der Waals surface area contributed by atoms with Crippen LogP contribution in [0.3, 0.4) is 0 Å². The highest BCUT2D eigenvalue weighted by Crippen LogP contribution is 2.13. The number of rotatable bonds is 5. The first-order valence-corrected chi connectivity index (χ1v) is 9.96. The second-order valence-corrected chi connectivity index (χ2v) is 7.52. The van der Waals surface area contributed by atoms with Crippen molar-refractivity contribution in [3.8, 4) is 0 Å². The molecule has 2 saturated heterocycles. The maximum atomic E-state index is 12.5. The van der Waals surface area contributed by atoms with E-state index in [-0.39, 0.29) is 5.91 Å². The monoisotopic (exact) mass is 357 g/mol. The maximum absolute atomic E-state index is 12.5. The van der Waals surface area contributed by atoms with Crippen LogP contribution in [0, 0.1) is 6.92 Å². The lowest BCUT2D eigenvalue weighted by Crippen LogP contribution is -2.50. The molecule has 0 radical (unpaired) electrons. The van der Waals surface area contributed by atoms with Crippen LogP contribution in [0.4, 0.5) is 0 Å². The summed E-state index contributed by atoms with van der Waals surface area (Å²) >= 11 is 0. The fourth-order valence-electron chi connectivity index (χ4n) is 3.86. The summed E-state index contributed by atoms with van der Waals surface area (Å²) in [5.41, 5.74) is 2.29. The van der Waals surface area contributed by atoms with Crippen LogP contribution in [0.5, 0.6) is 0 Å². The van der Waals surface area contributed by atoms with Crippen LogP contribution in [0.25, 0.3) is 0 Å². The van der Waals surface area contributed by atoms with Gasteiger partial charge in [0, 0.05) is 52.2 Å². The Bertz CT molecular complexity index is 617. The lowest BCUT2D eigenvalue weighted by Gasteiger charge is -2.35. The molecule has 0 spiro atoms. The first kappa shape index (κ1) is 18.9. The van der Waals surface area contributed by atoms with E-state index in [0.29, 0.717) is 18.7 Å². The SMILES string of the molecule is Cc1ccccc1CC(=O)N1CCN(CCC(=O)N2CCCCC2)CC1. The van der Waals surface area contributed by atoms with Gasteiger partial charge in [-0.15, -0.1) is 0 Å². The molecule has 142 valence electrons. The van der Waals surface area contributed by atoms with Gasteiger partial charge in [0.1, 0.15) is 0 Å². The van der Waals surface area contributed by atoms with Crippen LogP contribution in [-0.2, 0) is 16.0 Å². The zero-order valence-electron chi connectivity index (χ0n) is 16.0. The summed E-state index contributed by atoms with van der Waals surface area (Å²) in [6.07, 6.45) is 4.64. The summed E-state index contributed by atoms with van der Waals surface area (Å²) in [6, 6.07) is 8.09. The minimum absolute atomic E-state index is 0.211. The second kappa shape index (κ2) is 9.17. The van der Waals surface area contributed by atoms with E-state index in [2.05, 4.69) is 17.9 Å². The largest absolute Gasteiger partial charge is 0.343 e. The molecule has 0 bridgehead atoms. The van der Waals surface area contributed by atoms with Gasteiger partial charge >= 0.3 is 0 Å². The van der Waals surface area contributed by atoms with E-state index in [1.54, 1.807) is 0 Å². The number of piperidine rings is 1. The number of benzene rings is 1. The standard InChI is InChI=1S/C21H31N3O2/c1-18-7-3-4-8-19(18)17-21(26)24-15-13-22(14-16-24)12-9-20(25)23-10-5-2-6-11-23/h3-4,7-8H,2,5-6,9-17H2,1H3. The average molecular weight is 357 g/mol. The number of likely N-dealkylation sites (tertiary alicyclic amines) is 1. The highest BCUT2D eigenvalue weighted by atomic mass is 16.2. The Balaban J connectivity index is 1.39. The summed E-state index contributed by atoms with van der Waals surface area (Å²) < 4.78 is 0. The molecule has 5 nitrogen and oxygen atoms in total. The van der Waals surface area contributed by atoms with Crippen molar-refractivity contribution in [2.24, 2.45) is 0 Å². The number of aryl methyl sites for hydroxylation is 1. The molecule has 0 N–H and O–H groups in total. The van der Waals surface area contributed by atoms with Gasteiger partial charge in [0.2, 0.25) is 11.8 Å². The molecule has 2 fully saturated rings.